The van der Waals surface area contributed by atoms with Crippen molar-refractivity contribution >= 4 is 46.6 Å². The number of nitrogens with zero attached hydrogens (tertiary/aromatic N) is 1. The molecule has 3 aliphatic rings. The Labute approximate surface area is 269 Å². The molecule has 46 heavy (non-hydrogen) atoms. The fourth-order valence-corrected chi connectivity index (χ4v) is 8.99. The lowest BCUT2D eigenvalue weighted by atomic mass is 9.54. The van der Waals surface area contributed by atoms with Crippen molar-refractivity contribution < 1.29 is 42.6 Å². The molecule has 0 radical (unpaired) electrons. The lowest BCUT2D eigenvalue weighted by Gasteiger charge is -2.50. The van der Waals surface area contributed by atoms with E-state index < -0.39 is 48.3 Å². The number of aliphatic hydroxyl groups is 1. The Bertz CT molecular complexity index is 1700. The summed E-state index contributed by atoms with van der Waals surface area (Å²) >= 11 is 1.02. The molecule has 2 aromatic carbocycles. The van der Waals surface area contributed by atoms with Crippen molar-refractivity contribution in [3.63, 3.8) is 0 Å². The van der Waals surface area contributed by atoms with Crippen LogP contribution in [0.15, 0.2) is 54.6 Å². The maximum Gasteiger partial charge on any atom is 0.399 e. The van der Waals surface area contributed by atoms with Crippen molar-refractivity contribution in [3.05, 3.63) is 70.6 Å². The highest BCUT2D eigenvalue weighted by Crippen LogP contribution is 2.59. The Hall–Kier alpha value is -3.02. The van der Waals surface area contributed by atoms with Crippen LogP contribution in [-0.4, -0.2) is 61.6 Å². The molecule has 1 aromatic heterocycles. The molecule has 9 nitrogen and oxygen atoms in total. The average Bonchev–Trinajstić information content (AvgIpc) is 3.60. The first-order valence-electron chi connectivity index (χ1n) is 15.6. The van der Waals surface area contributed by atoms with Gasteiger partial charge in [-0.1, -0.05) is 49.2 Å². The third-order valence-electron chi connectivity index (χ3n) is 10.2. The third-order valence-corrected chi connectivity index (χ3v) is 12.3. The smallest absolute Gasteiger partial charge is 0.392 e. The first kappa shape index (κ1) is 32.9. The molecule has 3 fully saturated rings. The molecule has 246 valence electrons. The number of carbonyl (C=O) groups excluding carboxylic acids is 3. The van der Waals surface area contributed by atoms with Crippen LogP contribution in [0.4, 0.5) is 8.78 Å². The normalized spacial score (nSPS) is 27.8. The molecule has 1 aliphatic carbocycles. The summed E-state index contributed by atoms with van der Waals surface area (Å²) in [5, 5.41) is 13.7. The van der Waals surface area contributed by atoms with Crippen LogP contribution in [0.3, 0.4) is 0 Å². The van der Waals surface area contributed by atoms with E-state index in [-0.39, 0.29) is 33.9 Å². The van der Waals surface area contributed by atoms with Crippen molar-refractivity contribution in [1.82, 2.24) is 10.2 Å². The van der Waals surface area contributed by atoms with E-state index in [1.54, 1.807) is 11.8 Å². The molecule has 13 heteroatoms. The summed E-state index contributed by atoms with van der Waals surface area (Å²) in [4.78, 5) is 61.4. The van der Waals surface area contributed by atoms with Crippen molar-refractivity contribution in [1.29, 1.82) is 0 Å². The molecule has 3 heterocycles. The summed E-state index contributed by atoms with van der Waals surface area (Å²) in [5.74, 6) is -1.15. The number of ketones is 1. The minimum Gasteiger partial charge on any atom is -0.392 e. The number of nitrogens with one attached hydrogen (secondary N) is 1. The van der Waals surface area contributed by atoms with Crippen molar-refractivity contribution in [3.8, 4) is 0 Å². The van der Waals surface area contributed by atoms with Gasteiger partial charge in [-0.25, -0.2) is 0 Å². The number of halogens is 2. The Morgan fingerprint density at radius 1 is 1.04 bits per heavy atom. The van der Waals surface area contributed by atoms with E-state index in [1.807, 2.05) is 30.3 Å². The number of rotatable bonds is 8. The van der Waals surface area contributed by atoms with Crippen LogP contribution in [-0.2, 0) is 25.2 Å². The van der Waals surface area contributed by atoms with Gasteiger partial charge in [0, 0.05) is 27.6 Å². The van der Waals surface area contributed by atoms with Gasteiger partial charge in [-0.2, -0.15) is 8.78 Å². The fraction of sp³-hybridized carbons (Fsp3) is 0.485. The number of hydrogen-bond donors (Lipinski definition) is 4. The van der Waals surface area contributed by atoms with Crippen LogP contribution in [0.5, 0.6) is 0 Å². The number of benzene rings is 2. The molecule has 0 bridgehead atoms. The summed E-state index contributed by atoms with van der Waals surface area (Å²) in [6, 6.07) is 12.7. The van der Waals surface area contributed by atoms with Gasteiger partial charge in [-0.15, -0.1) is 11.3 Å². The second-order valence-corrected chi connectivity index (χ2v) is 15.7. The minimum atomic E-state index is -5.76. The largest absolute Gasteiger partial charge is 0.399 e. The molecule has 4 N–H and O–H groups in total. The van der Waals surface area contributed by atoms with E-state index in [0.29, 0.717) is 43.2 Å². The minimum absolute atomic E-state index is 0.00104. The Kier molecular flexibility index (Phi) is 8.73. The van der Waals surface area contributed by atoms with Crippen LogP contribution < -0.4 is 5.32 Å². The van der Waals surface area contributed by atoms with Crippen LogP contribution in [0.25, 0.3) is 10.1 Å². The summed E-state index contributed by atoms with van der Waals surface area (Å²) in [5.41, 5.74) is -4.75. The summed E-state index contributed by atoms with van der Waals surface area (Å²) in [7, 11) is -5.76. The molecule has 6 rings (SSSR count). The number of carbonyl (C=O) groups is 3. The predicted molar refractivity (Wildman–Crippen MR) is 169 cm³/mol. The predicted octanol–water partition coefficient (Wildman–Crippen LogP) is 5.46. The Balaban J connectivity index is 1.18. The van der Waals surface area contributed by atoms with Gasteiger partial charge in [0.1, 0.15) is 6.04 Å². The fourth-order valence-electron chi connectivity index (χ4n) is 7.57. The molecule has 2 saturated heterocycles. The highest BCUT2D eigenvalue weighted by molar-refractivity contribution is 7.52. The topological polar surface area (TPSA) is 144 Å². The van der Waals surface area contributed by atoms with Crippen LogP contribution >= 0.6 is 18.9 Å². The van der Waals surface area contributed by atoms with E-state index in [9.17, 15) is 32.8 Å². The number of hydrogen-bond acceptors (Lipinski definition) is 6. The number of aliphatic hydroxyl groups excluding tert-OH is 1. The molecule has 2 aliphatic heterocycles. The second-order valence-electron chi connectivity index (χ2n) is 13.0. The van der Waals surface area contributed by atoms with Gasteiger partial charge in [-0.05, 0) is 74.6 Å². The van der Waals surface area contributed by atoms with Gasteiger partial charge < -0.3 is 25.1 Å². The number of Topliss-reactive ketones (excluding diaryl/α,β-unsaturated/α-hetero) is 1. The molecule has 3 aromatic rings. The maximum absolute atomic E-state index is 14.3. The summed E-state index contributed by atoms with van der Waals surface area (Å²) in [6.45, 7) is 1.75. The van der Waals surface area contributed by atoms with Crippen molar-refractivity contribution in [2.24, 2.45) is 5.92 Å². The molecule has 0 spiro atoms. The zero-order valence-electron chi connectivity index (χ0n) is 25.3. The zero-order chi connectivity index (χ0) is 33.0. The zero-order valence-corrected chi connectivity index (χ0v) is 27.0. The van der Waals surface area contributed by atoms with Gasteiger partial charge >= 0.3 is 13.3 Å². The van der Waals surface area contributed by atoms with Gasteiger partial charge in [0.25, 0.3) is 5.91 Å². The first-order valence-corrected chi connectivity index (χ1v) is 18.0. The lowest BCUT2D eigenvalue weighted by Crippen LogP contribution is -2.58. The average molecular weight is 675 g/mol. The standard InChI is InChI=1S/C33H37F2N2O7PS/c1-19(38)32(22-7-3-2-4-8-22)17-21(18-32)29(39)26-13-12-24-9-5-6-10-25(31(41)37(24)26)36-30(40)28-16-20-15-23(11-14-27(20)46-28)33(34,35)45(42,43)44/h2-4,7-8,11,14-16,19,21,24-26,38H,5-6,9-10,12-13,17-18H2,1H3,(H,36,40)(H2,42,43,44)/t19?,21?,24-,25-,26-,32?/m0/s1. The molecular weight excluding hydrogens is 637 g/mol. The quantitative estimate of drug-likeness (QED) is 0.233. The highest BCUT2D eigenvalue weighted by Gasteiger charge is 2.55. The lowest BCUT2D eigenvalue weighted by molar-refractivity contribution is -0.146. The van der Waals surface area contributed by atoms with E-state index in [4.69, 9.17) is 9.79 Å². The monoisotopic (exact) mass is 674 g/mol. The van der Waals surface area contributed by atoms with Crippen molar-refractivity contribution in [2.75, 3.05) is 0 Å². The number of alkyl halides is 2. The molecular formula is C33H37F2N2O7PS. The number of fused-ring (bicyclic) bond motifs is 2. The molecule has 1 unspecified atom stereocenters. The second kappa shape index (κ2) is 12.2. The van der Waals surface area contributed by atoms with Crippen LogP contribution in [0.2, 0.25) is 0 Å². The summed E-state index contributed by atoms with van der Waals surface area (Å²) in [6.07, 6.45) is 4.34. The number of amides is 2. The molecule has 2 amide bonds. The maximum atomic E-state index is 14.3. The van der Waals surface area contributed by atoms with E-state index in [2.05, 4.69) is 5.32 Å². The van der Waals surface area contributed by atoms with Crippen LogP contribution in [0, 0.1) is 5.92 Å². The Morgan fingerprint density at radius 3 is 2.41 bits per heavy atom. The summed E-state index contributed by atoms with van der Waals surface area (Å²) < 4.78 is 40.4. The van der Waals surface area contributed by atoms with E-state index in [1.165, 1.54) is 12.1 Å². The Morgan fingerprint density at radius 2 is 1.74 bits per heavy atom. The van der Waals surface area contributed by atoms with Gasteiger partial charge in [-0.3, -0.25) is 18.9 Å². The van der Waals surface area contributed by atoms with Gasteiger partial charge in [0.2, 0.25) is 5.91 Å². The third kappa shape index (κ3) is 5.72. The van der Waals surface area contributed by atoms with E-state index in [0.717, 1.165) is 41.9 Å². The molecule has 1 saturated carbocycles. The van der Waals surface area contributed by atoms with Gasteiger partial charge in [0.15, 0.2) is 5.78 Å². The van der Waals surface area contributed by atoms with Gasteiger partial charge in [0.05, 0.1) is 17.0 Å². The first-order chi connectivity index (χ1) is 21.7. The van der Waals surface area contributed by atoms with E-state index >= 15 is 0 Å². The number of thiophene rings is 1. The molecule has 4 atom stereocenters. The van der Waals surface area contributed by atoms with Crippen LogP contribution in [0.1, 0.15) is 79.1 Å². The SMILES string of the molecule is CC(O)C1(c2ccccc2)CC(C(=O)[C@@H]2CC[C@@H]3CCCC[C@H](NC(=O)c4cc5cc(C(F)(F)P(=O)(O)O)ccc5s4)C(=O)N32)C1. The highest BCUT2D eigenvalue weighted by atomic mass is 32.1. The van der Waals surface area contributed by atoms with Crippen molar-refractivity contribution in [2.45, 2.75) is 93.6 Å².